The number of aromatic nitrogens is 2. The van der Waals surface area contributed by atoms with Crippen LogP contribution in [0.1, 0.15) is 46.0 Å². The zero-order chi connectivity index (χ0) is 18.5. The molecule has 0 atom stereocenters. The van der Waals surface area contributed by atoms with Crippen LogP contribution in [0.2, 0.25) is 0 Å². The van der Waals surface area contributed by atoms with E-state index in [2.05, 4.69) is 63.0 Å². The van der Waals surface area contributed by atoms with Crippen LogP contribution in [0.4, 0.5) is 0 Å². The Labute approximate surface area is 161 Å². The van der Waals surface area contributed by atoms with E-state index >= 15 is 0 Å². The number of hydrogen-bond acceptors (Lipinski definition) is 3. The first kappa shape index (κ1) is 18.7. The van der Waals surface area contributed by atoms with Gasteiger partial charge in [-0.2, -0.15) is 0 Å². The summed E-state index contributed by atoms with van der Waals surface area (Å²) in [5.74, 6) is 1.11. The second kappa shape index (κ2) is 8.50. The van der Waals surface area contributed by atoms with Crippen molar-refractivity contribution in [1.29, 1.82) is 0 Å². The first-order valence-electron chi connectivity index (χ1n) is 9.13. The van der Waals surface area contributed by atoms with Gasteiger partial charge in [0.1, 0.15) is 0 Å². The van der Waals surface area contributed by atoms with Crippen LogP contribution in [0, 0.1) is 20.8 Å². The van der Waals surface area contributed by atoms with E-state index < -0.39 is 0 Å². The summed E-state index contributed by atoms with van der Waals surface area (Å²) in [5.41, 5.74) is 8.93. The summed E-state index contributed by atoms with van der Waals surface area (Å²) in [6, 6.07) is 11.1. The number of hydrogen-bond donors (Lipinski definition) is 0. The number of thioether (sulfide) groups is 1. The number of rotatable bonds is 6. The minimum atomic E-state index is 0.836. The first-order chi connectivity index (χ1) is 12.6. The number of benzene rings is 1. The standard InChI is InChI=1S/C23H26N2S/c1-5-26-23-7-6-19(10-18(23)4)12-20-15-25-22(11-17(20)3)13-21-14-24-9-8-16(21)2/h6-11,14-15H,5,12-13H2,1-4H3. The highest BCUT2D eigenvalue weighted by Gasteiger charge is 2.07. The maximum atomic E-state index is 4.71. The molecule has 0 saturated heterocycles. The average Bonchev–Trinajstić information content (AvgIpc) is 2.62. The minimum Gasteiger partial charge on any atom is -0.264 e. The van der Waals surface area contributed by atoms with Crippen LogP contribution in [0.5, 0.6) is 0 Å². The Bertz CT molecular complexity index is 902. The van der Waals surface area contributed by atoms with Crippen molar-refractivity contribution in [1.82, 2.24) is 9.97 Å². The summed E-state index contributed by atoms with van der Waals surface area (Å²) in [7, 11) is 0. The zero-order valence-corrected chi connectivity index (χ0v) is 16.9. The van der Waals surface area contributed by atoms with E-state index in [0.717, 1.165) is 24.3 Å². The molecule has 0 fully saturated rings. The van der Waals surface area contributed by atoms with Gasteiger partial charge in [0.15, 0.2) is 0 Å². The fourth-order valence-corrected chi connectivity index (χ4v) is 3.92. The maximum absolute atomic E-state index is 4.71. The summed E-state index contributed by atoms with van der Waals surface area (Å²) in [5, 5.41) is 0. The zero-order valence-electron chi connectivity index (χ0n) is 16.0. The molecule has 0 aliphatic heterocycles. The van der Waals surface area contributed by atoms with Crippen molar-refractivity contribution in [2.24, 2.45) is 0 Å². The van der Waals surface area contributed by atoms with Gasteiger partial charge in [-0.25, -0.2) is 0 Å². The molecule has 0 unspecified atom stereocenters. The lowest BCUT2D eigenvalue weighted by molar-refractivity contribution is 1.00. The van der Waals surface area contributed by atoms with E-state index in [1.165, 1.54) is 38.3 Å². The van der Waals surface area contributed by atoms with Crippen LogP contribution < -0.4 is 0 Å². The molecule has 0 aliphatic rings. The summed E-state index contributed by atoms with van der Waals surface area (Å²) in [4.78, 5) is 10.3. The van der Waals surface area contributed by atoms with Gasteiger partial charge < -0.3 is 0 Å². The molecule has 0 aliphatic carbocycles. The fraction of sp³-hybridized carbons (Fsp3) is 0.304. The van der Waals surface area contributed by atoms with Crippen LogP contribution in [-0.2, 0) is 12.8 Å². The van der Waals surface area contributed by atoms with Crippen molar-refractivity contribution >= 4 is 11.8 Å². The summed E-state index contributed by atoms with van der Waals surface area (Å²) >= 11 is 1.91. The Balaban J connectivity index is 1.76. The highest BCUT2D eigenvalue weighted by Crippen LogP contribution is 2.24. The summed E-state index contributed by atoms with van der Waals surface area (Å²) in [6.07, 6.45) is 7.60. The molecule has 2 heterocycles. The fourth-order valence-electron chi connectivity index (χ4n) is 3.16. The third-order valence-electron chi connectivity index (χ3n) is 4.73. The van der Waals surface area contributed by atoms with Crippen LogP contribution in [-0.4, -0.2) is 15.7 Å². The normalized spacial score (nSPS) is 10.9. The van der Waals surface area contributed by atoms with Gasteiger partial charge in [0.25, 0.3) is 0 Å². The molecule has 0 amide bonds. The third kappa shape index (κ3) is 4.53. The summed E-state index contributed by atoms with van der Waals surface area (Å²) in [6.45, 7) is 8.71. The number of nitrogens with zero attached hydrogens (tertiary/aromatic N) is 2. The van der Waals surface area contributed by atoms with E-state index in [1.54, 1.807) is 0 Å². The molecule has 3 aromatic rings. The second-order valence-electron chi connectivity index (χ2n) is 6.79. The number of pyridine rings is 2. The molecular formula is C23H26N2S. The van der Waals surface area contributed by atoms with Crippen molar-refractivity contribution in [2.75, 3.05) is 5.75 Å². The Kier molecular flexibility index (Phi) is 6.10. The first-order valence-corrected chi connectivity index (χ1v) is 10.1. The molecule has 2 nitrogen and oxygen atoms in total. The molecule has 0 radical (unpaired) electrons. The van der Waals surface area contributed by atoms with E-state index in [9.17, 15) is 0 Å². The second-order valence-corrected chi connectivity index (χ2v) is 8.10. The lowest BCUT2D eigenvalue weighted by atomic mass is 9.99. The van der Waals surface area contributed by atoms with Gasteiger partial charge in [0.05, 0.1) is 0 Å². The Morgan fingerprint density at radius 3 is 2.35 bits per heavy atom. The minimum absolute atomic E-state index is 0.836. The van der Waals surface area contributed by atoms with Crippen LogP contribution >= 0.6 is 11.8 Å². The quantitative estimate of drug-likeness (QED) is 0.526. The molecule has 0 N–H and O–H groups in total. The SMILES string of the molecule is CCSc1ccc(Cc2cnc(Cc3cnccc3C)cc2C)cc1C. The molecule has 0 spiro atoms. The van der Waals surface area contributed by atoms with Crippen LogP contribution in [0.3, 0.4) is 0 Å². The molecule has 0 saturated carbocycles. The topological polar surface area (TPSA) is 25.8 Å². The van der Waals surface area contributed by atoms with Gasteiger partial charge in [-0.05, 0) is 84.5 Å². The molecule has 1 aromatic carbocycles. The van der Waals surface area contributed by atoms with E-state index in [4.69, 9.17) is 4.98 Å². The average molecular weight is 363 g/mol. The van der Waals surface area contributed by atoms with E-state index in [-0.39, 0.29) is 0 Å². The van der Waals surface area contributed by atoms with Crippen molar-refractivity contribution in [2.45, 2.75) is 45.4 Å². The molecule has 3 heteroatoms. The lowest BCUT2D eigenvalue weighted by Gasteiger charge is -2.11. The third-order valence-corrected chi connectivity index (χ3v) is 5.79. The van der Waals surface area contributed by atoms with Gasteiger partial charge in [-0.3, -0.25) is 9.97 Å². The number of aryl methyl sites for hydroxylation is 3. The smallest absolute Gasteiger partial charge is 0.0450 e. The van der Waals surface area contributed by atoms with Crippen LogP contribution in [0.25, 0.3) is 0 Å². The van der Waals surface area contributed by atoms with E-state index in [1.807, 2.05) is 30.4 Å². The van der Waals surface area contributed by atoms with Gasteiger partial charge in [-0.1, -0.05) is 19.1 Å². The Morgan fingerprint density at radius 1 is 0.846 bits per heavy atom. The van der Waals surface area contributed by atoms with Crippen molar-refractivity contribution < 1.29 is 0 Å². The van der Waals surface area contributed by atoms with Crippen molar-refractivity contribution in [3.8, 4) is 0 Å². The van der Waals surface area contributed by atoms with Crippen LogP contribution in [0.15, 0.2) is 53.8 Å². The molecular weight excluding hydrogens is 336 g/mol. The molecule has 26 heavy (non-hydrogen) atoms. The van der Waals surface area contributed by atoms with Crippen molar-refractivity contribution in [3.63, 3.8) is 0 Å². The van der Waals surface area contributed by atoms with Gasteiger partial charge >= 0.3 is 0 Å². The monoisotopic (exact) mass is 362 g/mol. The molecule has 0 bridgehead atoms. The molecule has 134 valence electrons. The lowest BCUT2D eigenvalue weighted by Crippen LogP contribution is -2.00. The largest absolute Gasteiger partial charge is 0.264 e. The van der Waals surface area contributed by atoms with Gasteiger partial charge in [0.2, 0.25) is 0 Å². The Hall–Kier alpha value is -2.13. The predicted molar refractivity (Wildman–Crippen MR) is 111 cm³/mol. The highest BCUT2D eigenvalue weighted by atomic mass is 32.2. The highest BCUT2D eigenvalue weighted by molar-refractivity contribution is 7.99. The summed E-state index contributed by atoms with van der Waals surface area (Å²) < 4.78 is 0. The molecule has 3 rings (SSSR count). The Morgan fingerprint density at radius 2 is 1.65 bits per heavy atom. The van der Waals surface area contributed by atoms with Crippen molar-refractivity contribution in [3.05, 3.63) is 88.0 Å². The van der Waals surface area contributed by atoms with Gasteiger partial charge in [0, 0.05) is 35.6 Å². The van der Waals surface area contributed by atoms with Gasteiger partial charge in [-0.15, -0.1) is 11.8 Å². The maximum Gasteiger partial charge on any atom is 0.0450 e. The molecule has 2 aromatic heterocycles. The van der Waals surface area contributed by atoms with E-state index in [0.29, 0.717) is 0 Å². The predicted octanol–water partition coefficient (Wildman–Crippen LogP) is 5.70.